The predicted molar refractivity (Wildman–Crippen MR) is 102 cm³/mol. The van der Waals surface area contributed by atoms with Gasteiger partial charge < -0.3 is 10.3 Å². The second-order valence-corrected chi connectivity index (χ2v) is 8.52. The Balaban J connectivity index is 1.69. The van der Waals surface area contributed by atoms with Crippen LogP contribution >= 0.6 is 0 Å². The topological polar surface area (TPSA) is 82.3 Å². The van der Waals surface area contributed by atoms with Crippen molar-refractivity contribution in [2.24, 2.45) is 0 Å². The molecule has 136 valence electrons. The summed E-state index contributed by atoms with van der Waals surface area (Å²) >= 11 is 0. The number of aromatic amines is 1. The largest absolute Gasteiger partial charge is 0.359 e. The van der Waals surface area contributed by atoms with Crippen LogP contribution in [0.4, 0.5) is 0 Å². The number of aromatic nitrogens is 1. The summed E-state index contributed by atoms with van der Waals surface area (Å²) in [6.45, 7) is 2.40. The third-order valence-electron chi connectivity index (χ3n) is 4.17. The zero-order valence-corrected chi connectivity index (χ0v) is 15.7. The molecule has 2 aromatic carbocycles. The molecule has 1 aromatic heterocycles. The number of H-pyrrole nitrogens is 1. The van der Waals surface area contributed by atoms with E-state index in [0.29, 0.717) is 12.1 Å². The maximum absolute atomic E-state index is 12.3. The molecule has 26 heavy (non-hydrogen) atoms. The quantitative estimate of drug-likeness (QED) is 0.723. The Labute approximate surface area is 152 Å². The van der Waals surface area contributed by atoms with Gasteiger partial charge in [-0.2, -0.15) is 0 Å². The number of carbonyl (C=O) groups excluding carboxylic acids is 1. The lowest BCUT2D eigenvalue weighted by molar-refractivity contribution is 0.0951. The molecule has 0 unspecified atom stereocenters. The molecule has 0 atom stereocenters. The summed E-state index contributed by atoms with van der Waals surface area (Å²) in [5, 5.41) is 3.96. The van der Waals surface area contributed by atoms with Crippen molar-refractivity contribution in [2.45, 2.75) is 18.4 Å². The highest BCUT2D eigenvalue weighted by Crippen LogP contribution is 2.17. The highest BCUT2D eigenvalue weighted by atomic mass is 32.2. The molecule has 0 saturated carbocycles. The summed E-state index contributed by atoms with van der Waals surface area (Å²) in [7, 11) is -0.553. The van der Waals surface area contributed by atoms with Crippen LogP contribution in [-0.4, -0.2) is 37.7 Å². The minimum absolute atomic E-state index is 0.160. The maximum Gasteiger partial charge on any atom is 0.251 e. The first-order valence-corrected chi connectivity index (χ1v) is 9.60. The van der Waals surface area contributed by atoms with Crippen LogP contribution in [0.25, 0.3) is 10.9 Å². The van der Waals surface area contributed by atoms with Gasteiger partial charge in [-0.05, 0) is 60.3 Å². The fourth-order valence-corrected chi connectivity index (χ4v) is 3.61. The van der Waals surface area contributed by atoms with Gasteiger partial charge in [0.15, 0.2) is 0 Å². The van der Waals surface area contributed by atoms with Crippen LogP contribution in [0.5, 0.6) is 0 Å². The van der Waals surface area contributed by atoms with Crippen molar-refractivity contribution in [1.82, 2.24) is 14.6 Å². The monoisotopic (exact) mass is 371 g/mol. The Morgan fingerprint density at radius 2 is 1.77 bits per heavy atom. The standard InChI is InChI=1S/C19H21N3O3S/c1-13-10-16-11-14(4-9-18(16)21-13)12-20-19(23)15-5-7-17(8-6-15)26(24,25)22(2)3/h4-11,21H,12H2,1-3H3,(H,20,23). The summed E-state index contributed by atoms with van der Waals surface area (Å²) in [6, 6.07) is 14.0. The second kappa shape index (κ2) is 6.93. The predicted octanol–water partition coefficient (Wildman–Crippen LogP) is 2.66. The van der Waals surface area contributed by atoms with Crippen LogP contribution in [0.2, 0.25) is 0 Å². The molecule has 7 heteroatoms. The first kappa shape index (κ1) is 18.2. The lowest BCUT2D eigenvalue weighted by atomic mass is 10.1. The number of carbonyl (C=O) groups is 1. The van der Waals surface area contributed by atoms with E-state index in [4.69, 9.17) is 0 Å². The van der Waals surface area contributed by atoms with Gasteiger partial charge in [0.05, 0.1) is 4.90 Å². The molecule has 1 amide bonds. The third kappa shape index (κ3) is 3.63. The smallest absolute Gasteiger partial charge is 0.251 e. The Morgan fingerprint density at radius 3 is 2.42 bits per heavy atom. The average molecular weight is 371 g/mol. The van der Waals surface area contributed by atoms with E-state index < -0.39 is 10.0 Å². The number of fused-ring (bicyclic) bond motifs is 1. The first-order chi connectivity index (χ1) is 12.3. The Kier molecular flexibility index (Phi) is 4.84. The van der Waals surface area contributed by atoms with Gasteiger partial charge in [-0.15, -0.1) is 0 Å². The normalized spacial score (nSPS) is 11.8. The zero-order chi connectivity index (χ0) is 18.9. The van der Waals surface area contributed by atoms with Gasteiger partial charge in [0.2, 0.25) is 10.0 Å². The van der Waals surface area contributed by atoms with Crippen LogP contribution in [0.3, 0.4) is 0 Å². The van der Waals surface area contributed by atoms with Crippen molar-refractivity contribution in [2.75, 3.05) is 14.1 Å². The van der Waals surface area contributed by atoms with E-state index in [1.165, 1.54) is 38.4 Å². The Bertz CT molecular complexity index is 1050. The fraction of sp³-hybridized carbons (Fsp3) is 0.211. The van der Waals surface area contributed by atoms with Gasteiger partial charge in [0, 0.05) is 37.4 Å². The number of sulfonamides is 1. The van der Waals surface area contributed by atoms with Crippen molar-refractivity contribution in [3.63, 3.8) is 0 Å². The van der Waals surface area contributed by atoms with Crippen LogP contribution < -0.4 is 5.32 Å². The van der Waals surface area contributed by atoms with Crippen molar-refractivity contribution in [1.29, 1.82) is 0 Å². The molecule has 6 nitrogen and oxygen atoms in total. The molecule has 0 aliphatic carbocycles. The molecule has 0 aliphatic rings. The lowest BCUT2D eigenvalue weighted by Crippen LogP contribution is -2.24. The van der Waals surface area contributed by atoms with E-state index in [0.717, 1.165) is 26.5 Å². The third-order valence-corrected chi connectivity index (χ3v) is 6.00. The molecule has 0 fully saturated rings. The fourth-order valence-electron chi connectivity index (χ4n) is 2.71. The molecular weight excluding hydrogens is 350 g/mol. The summed E-state index contributed by atoms with van der Waals surface area (Å²) < 4.78 is 25.3. The van der Waals surface area contributed by atoms with Gasteiger partial charge in [-0.3, -0.25) is 4.79 Å². The molecule has 2 N–H and O–H groups in total. The van der Waals surface area contributed by atoms with Crippen LogP contribution in [-0.2, 0) is 16.6 Å². The van der Waals surface area contributed by atoms with E-state index >= 15 is 0 Å². The van der Waals surface area contributed by atoms with E-state index in [9.17, 15) is 13.2 Å². The molecule has 0 spiro atoms. The SMILES string of the molecule is Cc1cc2cc(CNC(=O)c3ccc(S(=O)(=O)N(C)C)cc3)ccc2[nH]1. The molecule has 0 saturated heterocycles. The molecule has 1 heterocycles. The molecule has 3 rings (SSSR count). The number of amides is 1. The molecule has 3 aromatic rings. The molecule has 0 bridgehead atoms. The van der Waals surface area contributed by atoms with E-state index in [1.807, 2.05) is 25.1 Å². The van der Waals surface area contributed by atoms with Crippen LogP contribution in [0, 0.1) is 6.92 Å². The number of nitrogens with one attached hydrogen (secondary N) is 2. The van der Waals surface area contributed by atoms with E-state index in [1.54, 1.807) is 0 Å². The van der Waals surface area contributed by atoms with Gasteiger partial charge in [-0.25, -0.2) is 12.7 Å². The average Bonchev–Trinajstić information content (AvgIpc) is 2.98. The van der Waals surface area contributed by atoms with Crippen molar-refractivity contribution in [3.8, 4) is 0 Å². The molecule has 0 radical (unpaired) electrons. The minimum Gasteiger partial charge on any atom is -0.359 e. The maximum atomic E-state index is 12.3. The Morgan fingerprint density at radius 1 is 1.08 bits per heavy atom. The first-order valence-electron chi connectivity index (χ1n) is 8.16. The summed E-state index contributed by atoms with van der Waals surface area (Å²) in [5.74, 6) is -0.246. The summed E-state index contributed by atoms with van der Waals surface area (Å²) in [4.78, 5) is 15.7. The Hall–Kier alpha value is -2.64. The number of hydrogen-bond donors (Lipinski definition) is 2. The van der Waals surface area contributed by atoms with E-state index in [-0.39, 0.29) is 10.8 Å². The molecule has 0 aliphatic heterocycles. The number of hydrogen-bond acceptors (Lipinski definition) is 3. The van der Waals surface area contributed by atoms with Crippen molar-refractivity contribution >= 4 is 26.8 Å². The highest BCUT2D eigenvalue weighted by molar-refractivity contribution is 7.89. The minimum atomic E-state index is -3.49. The summed E-state index contributed by atoms with van der Waals surface area (Å²) in [6.07, 6.45) is 0. The van der Waals surface area contributed by atoms with Gasteiger partial charge >= 0.3 is 0 Å². The second-order valence-electron chi connectivity index (χ2n) is 6.37. The van der Waals surface area contributed by atoms with Gasteiger partial charge in [0.1, 0.15) is 0 Å². The van der Waals surface area contributed by atoms with Gasteiger partial charge in [0.25, 0.3) is 5.91 Å². The van der Waals surface area contributed by atoms with Gasteiger partial charge in [-0.1, -0.05) is 6.07 Å². The summed E-state index contributed by atoms with van der Waals surface area (Å²) in [5.41, 5.74) is 3.57. The van der Waals surface area contributed by atoms with Crippen molar-refractivity contribution in [3.05, 3.63) is 65.4 Å². The van der Waals surface area contributed by atoms with Crippen LogP contribution in [0.1, 0.15) is 21.6 Å². The number of rotatable bonds is 5. The lowest BCUT2D eigenvalue weighted by Gasteiger charge is -2.11. The highest BCUT2D eigenvalue weighted by Gasteiger charge is 2.17. The van der Waals surface area contributed by atoms with E-state index in [2.05, 4.69) is 16.4 Å². The van der Waals surface area contributed by atoms with Crippen LogP contribution in [0.15, 0.2) is 53.4 Å². The van der Waals surface area contributed by atoms with Crippen molar-refractivity contribution < 1.29 is 13.2 Å². The number of benzene rings is 2. The number of nitrogens with zero attached hydrogens (tertiary/aromatic N) is 1. The number of aryl methyl sites for hydroxylation is 1. The zero-order valence-electron chi connectivity index (χ0n) is 14.9. The molecular formula is C19H21N3O3S.